The standard InChI is InChI=1S/C12H11F3N2O/c1-18-11-4-3-9(7-10(11)12(13,14)15)8-17-6-2-5-16-17/h2-7H,8H2,1H3. The molecule has 0 aliphatic rings. The molecule has 1 heterocycles. The van der Waals surface area contributed by atoms with E-state index < -0.39 is 11.7 Å². The summed E-state index contributed by atoms with van der Waals surface area (Å²) in [5, 5.41) is 3.95. The van der Waals surface area contributed by atoms with Crippen molar-refractivity contribution >= 4 is 0 Å². The molecule has 2 aromatic rings. The van der Waals surface area contributed by atoms with Crippen molar-refractivity contribution in [2.24, 2.45) is 0 Å². The van der Waals surface area contributed by atoms with Gasteiger partial charge in [-0.1, -0.05) is 6.07 Å². The lowest BCUT2D eigenvalue weighted by molar-refractivity contribution is -0.138. The first kappa shape index (κ1) is 12.5. The van der Waals surface area contributed by atoms with E-state index >= 15 is 0 Å². The van der Waals surface area contributed by atoms with E-state index in [4.69, 9.17) is 4.74 Å². The van der Waals surface area contributed by atoms with E-state index in [0.29, 0.717) is 12.1 Å². The SMILES string of the molecule is COc1ccc(Cn2cccn2)cc1C(F)(F)F. The fourth-order valence-electron chi connectivity index (χ4n) is 1.66. The van der Waals surface area contributed by atoms with Crippen LogP contribution in [0.3, 0.4) is 0 Å². The first-order chi connectivity index (χ1) is 8.50. The highest BCUT2D eigenvalue weighted by Crippen LogP contribution is 2.36. The molecule has 1 aromatic carbocycles. The number of benzene rings is 1. The zero-order chi connectivity index (χ0) is 13.2. The lowest BCUT2D eigenvalue weighted by atomic mass is 10.1. The van der Waals surface area contributed by atoms with Crippen molar-refractivity contribution < 1.29 is 17.9 Å². The van der Waals surface area contributed by atoms with E-state index in [-0.39, 0.29) is 5.75 Å². The van der Waals surface area contributed by atoms with Gasteiger partial charge in [-0.25, -0.2) is 0 Å². The molecule has 96 valence electrons. The van der Waals surface area contributed by atoms with Crippen LogP contribution >= 0.6 is 0 Å². The average Bonchev–Trinajstić information content (AvgIpc) is 2.80. The molecule has 18 heavy (non-hydrogen) atoms. The maximum Gasteiger partial charge on any atom is 0.419 e. The van der Waals surface area contributed by atoms with E-state index in [9.17, 15) is 13.2 Å². The number of aromatic nitrogens is 2. The van der Waals surface area contributed by atoms with Gasteiger partial charge in [0.25, 0.3) is 0 Å². The van der Waals surface area contributed by atoms with Gasteiger partial charge in [-0.3, -0.25) is 4.68 Å². The summed E-state index contributed by atoms with van der Waals surface area (Å²) in [6.07, 6.45) is -1.16. The largest absolute Gasteiger partial charge is 0.496 e. The molecule has 0 saturated heterocycles. The van der Waals surface area contributed by atoms with Gasteiger partial charge in [0.15, 0.2) is 0 Å². The van der Waals surface area contributed by atoms with Gasteiger partial charge < -0.3 is 4.74 Å². The molecule has 0 unspecified atom stereocenters. The molecule has 0 fully saturated rings. The van der Waals surface area contributed by atoms with Crippen LogP contribution in [0.1, 0.15) is 11.1 Å². The van der Waals surface area contributed by atoms with Crippen LogP contribution < -0.4 is 4.74 Å². The van der Waals surface area contributed by atoms with E-state index in [1.165, 1.54) is 13.2 Å². The van der Waals surface area contributed by atoms with E-state index in [2.05, 4.69) is 5.10 Å². The minimum absolute atomic E-state index is 0.174. The number of hydrogen-bond acceptors (Lipinski definition) is 2. The van der Waals surface area contributed by atoms with Crippen LogP contribution in [0.2, 0.25) is 0 Å². The Bertz CT molecular complexity index is 521. The van der Waals surface area contributed by atoms with Gasteiger partial charge in [0.2, 0.25) is 0 Å². The zero-order valence-corrected chi connectivity index (χ0v) is 9.61. The number of hydrogen-bond donors (Lipinski definition) is 0. The normalized spacial score (nSPS) is 11.6. The summed E-state index contributed by atoms with van der Waals surface area (Å²) in [5.74, 6) is -0.174. The van der Waals surface area contributed by atoms with Crippen molar-refractivity contribution in [2.45, 2.75) is 12.7 Å². The van der Waals surface area contributed by atoms with Crippen LogP contribution in [0.4, 0.5) is 13.2 Å². The third kappa shape index (κ3) is 2.64. The first-order valence-corrected chi connectivity index (χ1v) is 5.22. The van der Waals surface area contributed by atoms with Gasteiger partial charge in [-0.2, -0.15) is 18.3 Å². The third-order valence-corrected chi connectivity index (χ3v) is 2.47. The Morgan fingerprint density at radius 1 is 1.33 bits per heavy atom. The summed E-state index contributed by atoms with van der Waals surface area (Å²) in [6, 6.07) is 5.71. The summed E-state index contributed by atoms with van der Waals surface area (Å²) in [5.41, 5.74) is -0.249. The molecule has 2 rings (SSSR count). The van der Waals surface area contributed by atoms with Gasteiger partial charge in [-0.05, 0) is 23.8 Å². The van der Waals surface area contributed by atoms with Crippen LogP contribution in [0.15, 0.2) is 36.7 Å². The number of halogens is 3. The molecule has 0 saturated carbocycles. The topological polar surface area (TPSA) is 27.1 Å². The summed E-state index contributed by atoms with van der Waals surface area (Å²) in [6.45, 7) is 0.292. The molecular weight excluding hydrogens is 245 g/mol. The van der Waals surface area contributed by atoms with Crippen molar-refractivity contribution in [1.29, 1.82) is 0 Å². The second-order valence-electron chi connectivity index (χ2n) is 3.74. The van der Waals surface area contributed by atoms with Crippen LogP contribution in [-0.4, -0.2) is 16.9 Å². The van der Waals surface area contributed by atoms with Gasteiger partial charge in [-0.15, -0.1) is 0 Å². The molecule has 0 atom stereocenters. The minimum Gasteiger partial charge on any atom is -0.496 e. The van der Waals surface area contributed by atoms with Crippen molar-refractivity contribution in [2.75, 3.05) is 7.11 Å². The summed E-state index contributed by atoms with van der Waals surface area (Å²) >= 11 is 0. The molecule has 0 aliphatic heterocycles. The van der Waals surface area contributed by atoms with Crippen LogP contribution in [0.25, 0.3) is 0 Å². The molecule has 0 radical (unpaired) electrons. The molecular formula is C12H11F3N2O. The van der Waals surface area contributed by atoms with Crippen LogP contribution in [-0.2, 0) is 12.7 Å². The van der Waals surface area contributed by atoms with Crippen LogP contribution in [0.5, 0.6) is 5.75 Å². The van der Waals surface area contributed by atoms with E-state index in [1.54, 1.807) is 29.2 Å². The predicted octanol–water partition coefficient (Wildman–Crippen LogP) is 2.96. The molecule has 0 bridgehead atoms. The monoisotopic (exact) mass is 256 g/mol. The average molecular weight is 256 g/mol. The van der Waals surface area contributed by atoms with Gasteiger partial charge in [0, 0.05) is 12.4 Å². The number of nitrogens with zero attached hydrogens (tertiary/aromatic N) is 2. The summed E-state index contributed by atoms with van der Waals surface area (Å²) in [7, 11) is 1.22. The van der Waals surface area contributed by atoms with Crippen molar-refractivity contribution in [3.63, 3.8) is 0 Å². The zero-order valence-electron chi connectivity index (χ0n) is 9.61. The van der Waals surface area contributed by atoms with Crippen molar-refractivity contribution in [3.05, 3.63) is 47.8 Å². The van der Waals surface area contributed by atoms with Gasteiger partial charge in [0.1, 0.15) is 5.75 Å². The fourth-order valence-corrected chi connectivity index (χ4v) is 1.66. The Morgan fingerprint density at radius 2 is 2.11 bits per heavy atom. The number of rotatable bonds is 3. The minimum atomic E-state index is -4.43. The maximum atomic E-state index is 12.8. The van der Waals surface area contributed by atoms with Crippen LogP contribution in [0, 0.1) is 0 Å². The van der Waals surface area contributed by atoms with Gasteiger partial charge in [0.05, 0.1) is 19.2 Å². The summed E-state index contributed by atoms with van der Waals surface area (Å²) < 4.78 is 44.7. The first-order valence-electron chi connectivity index (χ1n) is 5.22. The van der Waals surface area contributed by atoms with Crippen molar-refractivity contribution in [1.82, 2.24) is 9.78 Å². The molecule has 6 heteroatoms. The van der Waals surface area contributed by atoms with E-state index in [0.717, 1.165) is 6.07 Å². The molecule has 0 amide bonds. The highest BCUT2D eigenvalue weighted by Gasteiger charge is 2.34. The quantitative estimate of drug-likeness (QED) is 0.844. The maximum absolute atomic E-state index is 12.8. The second kappa shape index (κ2) is 4.72. The fraction of sp³-hybridized carbons (Fsp3) is 0.250. The molecule has 0 N–H and O–H groups in total. The Morgan fingerprint density at radius 3 is 2.67 bits per heavy atom. The molecule has 0 spiro atoms. The smallest absolute Gasteiger partial charge is 0.419 e. The Hall–Kier alpha value is -1.98. The molecule has 1 aromatic heterocycles. The highest BCUT2D eigenvalue weighted by molar-refractivity contribution is 5.39. The third-order valence-electron chi connectivity index (χ3n) is 2.47. The number of alkyl halides is 3. The molecule has 3 nitrogen and oxygen atoms in total. The highest BCUT2D eigenvalue weighted by atomic mass is 19.4. The summed E-state index contributed by atoms with van der Waals surface area (Å²) in [4.78, 5) is 0. The number of ether oxygens (including phenoxy) is 1. The second-order valence-corrected chi connectivity index (χ2v) is 3.74. The molecule has 0 aliphatic carbocycles. The van der Waals surface area contributed by atoms with E-state index in [1.807, 2.05) is 0 Å². The lowest BCUT2D eigenvalue weighted by Crippen LogP contribution is -2.09. The Balaban J connectivity index is 2.34. The predicted molar refractivity (Wildman–Crippen MR) is 59.3 cm³/mol. The lowest BCUT2D eigenvalue weighted by Gasteiger charge is -2.13. The Kier molecular flexibility index (Phi) is 3.27. The van der Waals surface area contributed by atoms with Crippen molar-refractivity contribution in [3.8, 4) is 5.75 Å². The Labute approximate surface area is 102 Å². The van der Waals surface area contributed by atoms with Gasteiger partial charge >= 0.3 is 6.18 Å². The number of methoxy groups -OCH3 is 1.